The molecule has 1 fully saturated rings. The van der Waals surface area contributed by atoms with Crippen molar-refractivity contribution in [2.45, 2.75) is 45.6 Å². The number of methoxy groups -OCH3 is 1. The standard InChI is InChI=1S/C16H25NO3/c1-4-10-17-15(12-7-5-6-11(12)2)13-8-9-14(20-13)16(18)19-3/h8-9,11-12,15,17H,4-7,10H2,1-3H3. The molecule has 1 aliphatic carbocycles. The predicted molar refractivity (Wildman–Crippen MR) is 77.6 cm³/mol. The minimum atomic E-state index is -0.412. The molecule has 2 rings (SSSR count). The molecule has 4 heteroatoms. The molecule has 0 radical (unpaired) electrons. The summed E-state index contributed by atoms with van der Waals surface area (Å²) < 4.78 is 10.4. The molecule has 0 spiro atoms. The summed E-state index contributed by atoms with van der Waals surface area (Å²) in [6.07, 6.45) is 4.86. The van der Waals surface area contributed by atoms with Crippen LogP contribution >= 0.6 is 0 Å². The Morgan fingerprint density at radius 2 is 2.30 bits per heavy atom. The molecule has 0 saturated heterocycles. The van der Waals surface area contributed by atoms with Crippen LogP contribution in [0, 0.1) is 11.8 Å². The third-order valence-corrected chi connectivity index (χ3v) is 4.29. The summed E-state index contributed by atoms with van der Waals surface area (Å²) in [5, 5.41) is 3.58. The fourth-order valence-corrected chi connectivity index (χ4v) is 3.16. The number of nitrogens with one attached hydrogen (secondary N) is 1. The van der Waals surface area contributed by atoms with Crippen LogP contribution in [0.1, 0.15) is 61.9 Å². The van der Waals surface area contributed by atoms with Crippen molar-refractivity contribution in [3.8, 4) is 0 Å². The number of carbonyl (C=O) groups is 1. The van der Waals surface area contributed by atoms with Gasteiger partial charge in [-0.1, -0.05) is 26.7 Å². The molecular formula is C16H25NO3. The molecule has 20 heavy (non-hydrogen) atoms. The number of hydrogen-bond acceptors (Lipinski definition) is 4. The van der Waals surface area contributed by atoms with E-state index in [1.165, 1.54) is 26.4 Å². The van der Waals surface area contributed by atoms with E-state index in [-0.39, 0.29) is 11.8 Å². The summed E-state index contributed by atoms with van der Waals surface area (Å²) in [5.41, 5.74) is 0. The molecule has 1 saturated carbocycles. The molecule has 3 unspecified atom stereocenters. The normalized spacial score (nSPS) is 23.8. The third-order valence-electron chi connectivity index (χ3n) is 4.29. The lowest BCUT2D eigenvalue weighted by molar-refractivity contribution is 0.0560. The number of hydrogen-bond donors (Lipinski definition) is 1. The van der Waals surface area contributed by atoms with Gasteiger partial charge in [-0.05, 0) is 43.4 Å². The monoisotopic (exact) mass is 279 g/mol. The highest BCUT2D eigenvalue weighted by Gasteiger charge is 2.33. The van der Waals surface area contributed by atoms with E-state index in [1.807, 2.05) is 6.07 Å². The van der Waals surface area contributed by atoms with Crippen LogP contribution in [-0.4, -0.2) is 19.6 Å². The predicted octanol–water partition coefficient (Wildman–Crippen LogP) is 3.54. The van der Waals surface area contributed by atoms with Gasteiger partial charge in [-0.25, -0.2) is 4.79 Å². The van der Waals surface area contributed by atoms with Gasteiger partial charge in [0.05, 0.1) is 13.2 Å². The molecule has 1 aromatic rings. The van der Waals surface area contributed by atoms with Crippen LogP contribution in [-0.2, 0) is 4.74 Å². The number of furan rings is 1. The molecule has 3 atom stereocenters. The van der Waals surface area contributed by atoms with E-state index in [4.69, 9.17) is 9.15 Å². The van der Waals surface area contributed by atoms with Gasteiger partial charge in [-0.3, -0.25) is 0 Å². The van der Waals surface area contributed by atoms with E-state index < -0.39 is 5.97 Å². The number of ether oxygens (including phenoxy) is 1. The molecular weight excluding hydrogens is 254 g/mol. The molecule has 0 bridgehead atoms. The lowest BCUT2D eigenvalue weighted by Crippen LogP contribution is -2.30. The number of carbonyl (C=O) groups excluding carboxylic acids is 1. The van der Waals surface area contributed by atoms with E-state index in [0.29, 0.717) is 11.8 Å². The fourth-order valence-electron chi connectivity index (χ4n) is 3.16. The van der Waals surface area contributed by atoms with Gasteiger partial charge in [0.25, 0.3) is 0 Å². The van der Waals surface area contributed by atoms with Crippen molar-refractivity contribution in [1.82, 2.24) is 5.32 Å². The van der Waals surface area contributed by atoms with E-state index in [0.717, 1.165) is 18.7 Å². The van der Waals surface area contributed by atoms with Gasteiger partial charge in [0, 0.05) is 0 Å². The smallest absolute Gasteiger partial charge is 0.373 e. The number of esters is 1. The Kier molecular flexibility index (Phi) is 5.24. The zero-order valence-corrected chi connectivity index (χ0v) is 12.6. The summed E-state index contributed by atoms with van der Waals surface area (Å²) in [4.78, 5) is 11.5. The molecule has 0 aliphatic heterocycles. The van der Waals surface area contributed by atoms with Crippen LogP contribution in [0.3, 0.4) is 0 Å². The van der Waals surface area contributed by atoms with Crippen LogP contribution in [0.4, 0.5) is 0 Å². The highest BCUT2D eigenvalue weighted by molar-refractivity contribution is 5.86. The summed E-state index contributed by atoms with van der Waals surface area (Å²) in [6.45, 7) is 5.43. The van der Waals surface area contributed by atoms with Crippen LogP contribution in [0.2, 0.25) is 0 Å². The first kappa shape index (κ1) is 15.1. The topological polar surface area (TPSA) is 51.5 Å². The van der Waals surface area contributed by atoms with Gasteiger partial charge in [0.2, 0.25) is 5.76 Å². The summed E-state index contributed by atoms with van der Waals surface area (Å²) in [6, 6.07) is 3.82. The van der Waals surface area contributed by atoms with Crippen molar-refractivity contribution in [3.05, 3.63) is 23.7 Å². The van der Waals surface area contributed by atoms with Gasteiger partial charge in [0.1, 0.15) is 5.76 Å². The molecule has 0 aromatic carbocycles. The molecule has 1 aromatic heterocycles. The van der Waals surface area contributed by atoms with Crippen molar-refractivity contribution in [2.75, 3.05) is 13.7 Å². The quantitative estimate of drug-likeness (QED) is 0.809. The second-order valence-electron chi connectivity index (χ2n) is 5.70. The Labute approximate surface area is 120 Å². The van der Waals surface area contributed by atoms with E-state index >= 15 is 0 Å². The molecule has 112 valence electrons. The Morgan fingerprint density at radius 1 is 1.50 bits per heavy atom. The maximum absolute atomic E-state index is 11.5. The maximum atomic E-state index is 11.5. The average Bonchev–Trinajstić information content (AvgIpc) is 3.09. The minimum absolute atomic E-state index is 0.200. The highest BCUT2D eigenvalue weighted by Crippen LogP contribution is 2.40. The van der Waals surface area contributed by atoms with Gasteiger partial charge in [-0.2, -0.15) is 0 Å². The first-order chi connectivity index (χ1) is 9.67. The van der Waals surface area contributed by atoms with Crippen LogP contribution in [0.5, 0.6) is 0 Å². The average molecular weight is 279 g/mol. The summed E-state index contributed by atoms with van der Waals surface area (Å²) >= 11 is 0. The lowest BCUT2D eigenvalue weighted by atomic mass is 9.88. The van der Waals surface area contributed by atoms with E-state index in [2.05, 4.69) is 19.2 Å². The summed E-state index contributed by atoms with van der Waals surface area (Å²) in [5.74, 6) is 2.01. The Bertz CT molecular complexity index is 441. The molecule has 0 amide bonds. The van der Waals surface area contributed by atoms with Crippen LogP contribution in [0.25, 0.3) is 0 Å². The Balaban J connectivity index is 2.17. The first-order valence-corrected chi connectivity index (χ1v) is 7.58. The van der Waals surface area contributed by atoms with Gasteiger partial charge in [0.15, 0.2) is 0 Å². The first-order valence-electron chi connectivity index (χ1n) is 7.58. The van der Waals surface area contributed by atoms with E-state index in [9.17, 15) is 4.79 Å². The zero-order chi connectivity index (χ0) is 14.5. The van der Waals surface area contributed by atoms with E-state index in [1.54, 1.807) is 6.07 Å². The van der Waals surface area contributed by atoms with Crippen molar-refractivity contribution >= 4 is 5.97 Å². The lowest BCUT2D eigenvalue weighted by Gasteiger charge is -2.26. The third kappa shape index (κ3) is 3.23. The molecule has 4 nitrogen and oxygen atoms in total. The molecule has 1 heterocycles. The van der Waals surface area contributed by atoms with Gasteiger partial charge in [-0.15, -0.1) is 0 Å². The molecule has 1 N–H and O–H groups in total. The molecule has 1 aliphatic rings. The van der Waals surface area contributed by atoms with Crippen molar-refractivity contribution in [3.63, 3.8) is 0 Å². The fraction of sp³-hybridized carbons (Fsp3) is 0.688. The van der Waals surface area contributed by atoms with Gasteiger partial charge < -0.3 is 14.5 Å². The maximum Gasteiger partial charge on any atom is 0.373 e. The van der Waals surface area contributed by atoms with Crippen molar-refractivity contribution in [2.24, 2.45) is 11.8 Å². The van der Waals surface area contributed by atoms with Crippen molar-refractivity contribution < 1.29 is 13.9 Å². The SMILES string of the molecule is CCCNC(c1ccc(C(=O)OC)o1)C1CCCC1C. The number of rotatable bonds is 6. The largest absolute Gasteiger partial charge is 0.463 e. The zero-order valence-electron chi connectivity index (χ0n) is 12.6. The van der Waals surface area contributed by atoms with Gasteiger partial charge >= 0.3 is 5.97 Å². The summed E-state index contributed by atoms with van der Waals surface area (Å²) in [7, 11) is 1.37. The second kappa shape index (κ2) is 6.93. The minimum Gasteiger partial charge on any atom is -0.463 e. The second-order valence-corrected chi connectivity index (χ2v) is 5.70. The Morgan fingerprint density at radius 3 is 2.90 bits per heavy atom. The van der Waals surface area contributed by atoms with Crippen LogP contribution in [0.15, 0.2) is 16.5 Å². The van der Waals surface area contributed by atoms with Crippen molar-refractivity contribution in [1.29, 1.82) is 0 Å². The van der Waals surface area contributed by atoms with Crippen LogP contribution < -0.4 is 5.32 Å². The highest BCUT2D eigenvalue weighted by atomic mass is 16.5. The Hall–Kier alpha value is -1.29.